The van der Waals surface area contributed by atoms with Crippen molar-refractivity contribution in [2.24, 2.45) is 0 Å². The van der Waals surface area contributed by atoms with Gasteiger partial charge in [0, 0.05) is 6.42 Å². The third kappa shape index (κ3) is 12.0. The van der Waals surface area contributed by atoms with Crippen molar-refractivity contribution in [1.29, 1.82) is 0 Å². The van der Waals surface area contributed by atoms with Gasteiger partial charge in [0.15, 0.2) is 0 Å². The van der Waals surface area contributed by atoms with E-state index in [1.54, 1.807) is 0 Å². The van der Waals surface area contributed by atoms with Crippen LogP contribution in [-0.2, 0) is 6.42 Å². The monoisotopic (exact) mass is 373 g/mol. The van der Waals surface area contributed by atoms with Gasteiger partial charge in [0.05, 0.1) is 0 Å². The normalized spacial score (nSPS) is 11.1. The molecule has 138 valence electrons. The van der Waals surface area contributed by atoms with Crippen molar-refractivity contribution in [2.45, 2.75) is 103 Å². The standard InChI is InChI=1S/C19H33Cl2N3/c1-2-3-4-5-6-7-8-9-10-11-12-13-14-15-16-17-22-18(20)24-19(21)23-17/h2-16H2,1H3. The van der Waals surface area contributed by atoms with Gasteiger partial charge in [0.25, 0.3) is 0 Å². The highest BCUT2D eigenvalue weighted by Gasteiger charge is 2.02. The lowest BCUT2D eigenvalue weighted by atomic mass is 10.0. The van der Waals surface area contributed by atoms with Gasteiger partial charge in [-0.05, 0) is 29.6 Å². The SMILES string of the molecule is CCCCCCCCCCCCCCCCc1nc(Cl)nc(Cl)n1. The van der Waals surface area contributed by atoms with Crippen molar-refractivity contribution >= 4 is 23.2 Å². The minimum atomic E-state index is 0.190. The summed E-state index contributed by atoms with van der Waals surface area (Å²) in [6, 6.07) is 0. The van der Waals surface area contributed by atoms with Crippen LogP contribution in [0.5, 0.6) is 0 Å². The van der Waals surface area contributed by atoms with E-state index in [2.05, 4.69) is 21.9 Å². The van der Waals surface area contributed by atoms with Crippen LogP contribution >= 0.6 is 23.2 Å². The number of nitrogens with zero attached hydrogens (tertiary/aromatic N) is 3. The van der Waals surface area contributed by atoms with Crippen LogP contribution in [0.4, 0.5) is 0 Å². The average Bonchev–Trinajstić information content (AvgIpc) is 2.54. The van der Waals surface area contributed by atoms with Crippen LogP contribution in [0, 0.1) is 0 Å². The van der Waals surface area contributed by atoms with E-state index in [4.69, 9.17) is 23.2 Å². The molecule has 1 rings (SSSR count). The molecule has 5 heteroatoms. The molecule has 1 aromatic rings. The molecular weight excluding hydrogens is 341 g/mol. The predicted octanol–water partition coefficient (Wildman–Crippen LogP) is 7.20. The first-order chi connectivity index (χ1) is 11.7. The van der Waals surface area contributed by atoms with Gasteiger partial charge in [0.2, 0.25) is 10.6 Å². The van der Waals surface area contributed by atoms with Crippen LogP contribution in [0.1, 0.15) is 103 Å². The second-order valence-electron chi connectivity index (χ2n) is 6.64. The van der Waals surface area contributed by atoms with Gasteiger partial charge in [0.1, 0.15) is 5.82 Å². The zero-order chi connectivity index (χ0) is 17.5. The molecule has 1 aromatic heterocycles. The van der Waals surface area contributed by atoms with Gasteiger partial charge in [-0.25, -0.2) is 9.97 Å². The van der Waals surface area contributed by atoms with Crippen molar-refractivity contribution in [3.05, 3.63) is 16.4 Å². The Morgan fingerprint density at radius 3 is 1.33 bits per heavy atom. The number of hydrogen-bond acceptors (Lipinski definition) is 3. The maximum absolute atomic E-state index is 5.77. The predicted molar refractivity (Wildman–Crippen MR) is 104 cm³/mol. The molecule has 0 spiro atoms. The summed E-state index contributed by atoms with van der Waals surface area (Å²) in [5.74, 6) is 0.707. The van der Waals surface area contributed by atoms with Crippen LogP contribution in [-0.4, -0.2) is 15.0 Å². The molecule has 3 nitrogen and oxygen atoms in total. The number of rotatable bonds is 15. The molecule has 0 saturated carbocycles. The number of hydrogen-bond donors (Lipinski definition) is 0. The first-order valence-corrected chi connectivity index (χ1v) is 10.5. The highest BCUT2D eigenvalue weighted by Crippen LogP contribution is 2.14. The molecule has 0 unspecified atom stereocenters. The number of unbranched alkanes of at least 4 members (excludes halogenated alkanes) is 13. The summed E-state index contributed by atoms with van der Waals surface area (Å²) in [7, 11) is 0. The summed E-state index contributed by atoms with van der Waals surface area (Å²) in [6.07, 6.45) is 19.9. The minimum absolute atomic E-state index is 0.190. The molecule has 24 heavy (non-hydrogen) atoms. The maximum atomic E-state index is 5.77. The second kappa shape index (κ2) is 14.9. The van der Waals surface area contributed by atoms with Gasteiger partial charge >= 0.3 is 0 Å². The number of aryl methyl sites for hydroxylation is 1. The van der Waals surface area contributed by atoms with Crippen LogP contribution in [0.3, 0.4) is 0 Å². The van der Waals surface area contributed by atoms with Crippen LogP contribution < -0.4 is 0 Å². The quantitative estimate of drug-likeness (QED) is 0.305. The third-order valence-corrected chi connectivity index (χ3v) is 4.72. The van der Waals surface area contributed by atoms with Crippen molar-refractivity contribution in [2.75, 3.05) is 0 Å². The van der Waals surface area contributed by atoms with Gasteiger partial charge in [-0.1, -0.05) is 90.4 Å². The van der Waals surface area contributed by atoms with E-state index in [-0.39, 0.29) is 10.6 Å². The molecule has 0 saturated heterocycles. The van der Waals surface area contributed by atoms with Crippen LogP contribution in [0.25, 0.3) is 0 Å². The molecule has 1 heterocycles. The van der Waals surface area contributed by atoms with Gasteiger partial charge in [-0.3, -0.25) is 0 Å². The Balaban J connectivity index is 1.84. The van der Waals surface area contributed by atoms with E-state index in [1.807, 2.05) is 0 Å². The topological polar surface area (TPSA) is 38.7 Å². The highest BCUT2D eigenvalue weighted by atomic mass is 35.5. The molecule has 0 aliphatic rings. The lowest BCUT2D eigenvalue weighted by Crippen LogP contribution is -1.98. The maximum Gasteiger partial charge on any atom is 0.226 e. The van der Waals surface area contributed by atoms with Crippen LogP contribution in [0.2, 0.25) is 10.6 Å². The average molecular weight is 374 g/mol. The Labute approximate surface area is 158 Å². The van der Waals surface area contributed by atoms with E-state index in [0.717, 1.165) is 12.8 Å². The fourth-order valence-electron chi connectivity index (χ4n) is 2.95. The first-order valence-electron chi connectivity index (χ1n) is 9.78. The summed E-state index contributed by atoms with van der Waals surface area (Å²) >= 11 is 11.5. The number of aromatic nitrogens is 3. The van der Waals surface area contributed by atoms with Gasteiger partial charge in [-0.15, -0.1) is 0 Å². The molecular formula is C19H33Cl2N3. The van der Waals surface area contributed by atoms with Crippen LogP contribution in [0.15, 0.2) is 0 Å². The molecule has 0 aliphatic heterocycles. The Morgan fingerprint density at radius 1 is 0.542 bits per heavy atom. The zero-order valence-corrected chi connectivity index (χ0v) is 16.7. The molecule has 0 amide bonds. The lowest BCUT2D eigenvalue weighted by molar-refractivity contribution is 0.534. The van der Waals surface area contributed by atoms with Crippen molar-refractivity contribution in [3.8, 4) is 0 Å². The molecule has 0 bridgehead atoms. The summed E-state index contributed by atoms with van der Waals surface area (Å²) < 4.78 is 0. The molecule has 0 N–H and O–H groups in total. The van der Waals surface area contributed by atoms with Crippen molar-refractivity contribution in [1.82, 2.24) is 15.0 Å². The minimum Gasteiger partial charge on any atom is -0.203 e. The summed E-state index contributed by atoms with van der Waals surface area (Å²) in [5, 5.41) is 0.380. The van der Waals surface area contributed by atoms with Crippen molar-refractivity contribution in [3.63, 3.8) is 0 Å². The second-order valence-corrected chi connectivity index (χ2v) is 7.31. The lowest BCUT2D eigenvalue weighted by Gasteiger charge is -2.03. The third-order valence-electron chi connectivity index (χ3n) is 4.38. The van der Waals surface area contributed by atoms with E-state index >= 15 is 0 Å². The van der Waals surface area contributed by atoms with Gasteiger partial charge in [-0.2, -0.15) is 4.98 Å². The Hall–Kier alpha value is -0.410. The Bertz CT molecular complexity index is 407. The Kier molecular flexibility index (Phi) is 13.4. The summed E-state index contributed by atoms with van der Waals surface area (Å²) in [5.41, 5.74) is 0. The largest absolute Gasteiger partial charge is 0.226 e. The first kappa shape index (κ1) is 21.6. The van der Waals surface area contributed by atoms with E-state index < -0.39 is 0 Å². The summed E-state index contributed by atoms with van der Waals surface area (Å²) in [6.45, 7) is 2.28. The van der Waals surface area contributed by atoms with E-state index in [1.165, 1.54) is 83.5 Å². The fourth-order valence-corrected chi connectivity index (χ4v) is 3.35. The molecule has 0 aliphatic carbocycles. The summed E-state index contributed by atoms with van der Waals surface area (Å²) in [4.78, 5) is 11.9. The molecule has 0 fully saturated rings. The molecule has 0 radical (unpaired) electrons. The number of halogens is 2. The molecule has 0 aromatic carbocycles. The molecule has 0 atom stereocenters. The van der Waals surface area contributed by atoms with E-state index in [0.29, 0.717) is 5.82 Å². The zero-order valence-electron chi connectivity index (χ0n) is 15.2. The van der Waals surface area contributed by atoms with E-state index in [9.17, 15) is 0 Å². The van der Waals surface area contributed by atoms with Gasteiger partial charge < -0.3 is 0 Å². The highest BCUT2D eigenvalue weighted by molar-refractivity contribution is 6.30. The Morgan fingerprint density at radius 2 is 0.917 bits per heavy atom. The smallest absolute Gasteiger partial charge is 0.203 e. The van der Waals surface area contributed by atoms with Crippen molar-refractivity contribution < 1.29 is 0 Å². The fraction of sp³-hybridized carbons (Fsp3) is 0.842.